The highest BCUT2D eigenvalue weighted by Crippen LogP contribution is 2.26. The van der Waals surface area contributed by atoms with E-state index in [0.29, 0.717) is 6.61 Å². The smallest absolute Gasteiger partial charge is 0.244 e. The van der Waals surface area contributed by atoms with Gasteiger partial charge in [0, 0.05) is 10.0 Å². The fraction of sp³-hybridized carbons (Fsp3) is 0.143. The number of hydrogen-bond acceptors (Lipinski definition) is 3. The zero-order chi connectivity index (χ0) is 18.4. The Morgan fingerprint density at radius 1 is 1.12 bits per heavy atom. The molecule has 0 bridgehead atoms. The molecule has 0 spiro atoms. The third-order valence-corrected chi connectivity index (χ3v) is 4.42. The van der Waals surface area contributed by atoms with Crippen LogP contribution in [0.1, 0.15) is 18.1 Å². The van der Waals surface area contributed by atoms with Gasteiger partial charge in [0.25, 0.3) is 0 Å². The van der Waals surface area contributed by atoms with Crippen molar-refractivity contribution in [3.8, 4) is 5.75 Å². The highest BCUT2D eigenvalue weighted by atomic mass is 79.9. The largest absolute Gasteiger partial charge is 0.493 e. The van der Waals surface area contributed by atoms with Gasteiger partial charge in [0.05, 0.1) is 19.2 Å². The Morgan fingerprint density at radius 3 is 2.65 bits per heavy atom. The average Bonchev–Trinajstić information content (AvgIpc) is 2.65. The molecule has 5 heteroatoms. The van der Waals surface area contributed by atoms with Crippen LogP contribution in [0, 0.1) is 0 Å². The summed E-state index contributed by atoms with van der Waals surface area (Å²) in [6, 6.07) is 19.6. The highest BCUT2D eigenvalue weighted by Gasteiger charge is 2.07. The lowest BCUT2D eigenvalue weighted by atomic mass is 10.0. The Hall–Kier alpha value is -2.66. The van der Waals surface area contributed by atoms with Crippen molar-refractivity contribution in [3.05, 3.63) is 76.3 Å². The molecular weight excluding hydrogens is 392 g/mol. The van der Waals surface area contributed by atoms with Crippen molar-refractivity contribution >= 4 is 38.8 Å². The van der Waals surface area contributed by atoms with Crippen molar-refractivity contribution in [2.45, 2.75) is 13.3 Å². The fourth-order valence-electron chi connectivity index (χ4n) is 2.69. The Balaban J connectivity index is 1.76. The summed E-state index contributed by atoms with van der Waals surface area (Å²) in [6.45, 7) is 2.51. The first-order chi connectivity index (χ1) is 12.7. The van der Waals surface area contributed by atoms with Crippen LogP contribution >= 0.6 is 15.9 Å². The standard InChI is InChI=1S/C21H19BrN2O2/c1-2-26-20-12-9-16-5-3-4-6-18(16)19(20)14-23-24-21(25)13-15-7-10-17(22)11-8-15/h3-12,14H,2,13H2,1H3,(H,24,25)/b23-14-. The van der Waals surface area contributed by atoms with Crippen molar-refractivity contribution < 1.29 is 9.53 Å². The van der Waals surface area contributed by atoms with Crippen LogP contribution < -0.4 is 10.2 Å². The van der Waals surface area contributed by atoms with Gasteiger partial charge < -0.3 is 4.74 Å². The summed E-state index contributed by atoms with van der Waals surface area (Å²) in [5, 5.41) is 6.26. The van der Waals surface area contributed by atoms with E-state index in [1.54, 1.807) is 6.21 Å². The molecule has 3 aromatic rings. The maximum absolute atomic E-state index is 12.1. The van der Waals surface area contributed by atoms with Crippen LogP contribution in [0.4, 0.5) is 0 Å². The Labute approximate surface area is 161 Å². The van der Waals surface area contributed by atoms with Gasteiger partial charge in [0.15, 0.2) is 0 Å². The van der Waals surface area contributed by atoms with Gasteiger partial charge in [-0.1, -0.05) is 58.4 Å². The van der Waals surface area contributed by atoms with E-state index >= 15 is 0 Å². The van der Waals surface area contributed by atoms with Gasteiger partial charge in [-0.05, 0) is 41.5 Å². The number of hydrazone groups is 1. The summed E-state index contributed by atoms with van der Waals surface area (Å²) in [5.41, 5.74) is 4.38. The zero-order valence-electron chi connectivity index (χ0n) is 14.4. The number of fused-ring (bicyclic) bond motifs is 1. The lowest BCUT2D eigenvalue weighted by Gasteiger charge is -2.10. The number of nitrogens with zero attached hydrogens (tertiary/aromatic N) is 1. The predicted octanol–water partition coefficient (Wildman–Crippen LogP) is 4.69. The predicted molar refractivity (Wildman–Crippen MR) is 109 cm³/mol. The average molecular weight is 411 g/mol. The van der Waals surface area contributed by atoms with Crippen molar-refractivity contribution in [1.29, 1.82) is 0 Å². The number of nitrogens with one attached hydrogen (secondary N) is 1. The van der Waals surface area contributed by atoms with Gasteiger partial charge in [-0.25, -0.2) is 5.43 Å². The number of carbonyl (C=O) groups is 1. The van der Waals surface area contributed by atoms with Crippen LogP contribution in [-0.4, -0.2) is 18.7 Å². The lowest BCUT2D eigenvalue weighted by Crippen LogP contribution is -2.19. The molecule has 0 aromatic heterocycles. The Kier molecular flexibility index (Phi) is 6.02. The number of hydrogen-bond donors (Lipinski definition) is 1. The van der Waals surface area contributed by atoms with Crippen molar-refractivity contribution in [2.75, 3.05) is 6.61 Å². The lowest BCUT2D eigenvalue weighted by molar-refractivity contribution is -0.120. The molecule has 1 N–H and O–H groups in total. The van der Waals surface area contributed by atoms with Crippen LogP contribution in [-0.2, 0) is 11.2 Å². The van der Waals surface area contributed by atoms with Crippen LogP contribution in [0.25, 0.3) is 10.8 Å². The molecule has 0 unspecified atom stereocenters. The molecule has 3 rings (SSSR count). The second kappa shape index (κ2) is 8.63. The second-order valence-electron chi connectivity index (χ2n) is 5.73. The fourth-order valence-corrected chi connectivity index (χ4v) is 2.95. The SMILES string of the molecule is CCOc1ccc2ccccc2c1/C=N\NC(=O)Cc1ccc(Br)cc1. The number of rotatable bonds is 6. The van der Waals surface area contributed by atoms with Gasteiger partial charge in [0.1, 0.15) is 5.75 Å². The molecule has 0 aliphatic carbocycles. The Morgan fingerprint density at radius 2 is 1.88 bits per heavy atom. The molecule has 4 nitrogen and oxygen atoms in total. The summed E-state index contributed by atoms with van der Waals surface area (Å²) in [7, 11) is 0. The van der Waals surface area contributed by atoms with E-state index in [4.69, 9.17) is 4.74 Å². The van der Waals surface area contributed by atoms with E-state index in [-0.39, 0.29) is 12.3 Å². The minimum absolute atomic E-state index is 0.165. The van der Waals surface area contributed by atoms with Crippen LogP contribution in [0.15, 0.2) is 70.2 Å². The first-order valence-electron chi connectivity index (χ1n) is 8.38. The number of amides is 1. The summed E-state index contributed by atoms with van der Waals surface area (Å²) in [4.78, 5) is 12.1. The molecule has 0 aliphatic heterocycles. The van der Waals surface area contributed by atoms with E-state index in [9.17, 15) is 4.79 Å². The van der Waals surface area contributed by atoms with Gasteiger partial charge in [-0.15, -0.1) is 0 Å². The molecule has 0 atom stereocenters. The number of ether oxygens (including phenoxy) is 1. The van der Waals surface area contributed by atoms with Crippen LogP contribution in [0.3, 0.4) is 0 Å². The molecule has 0 saturated carbocycles. The summed E-state index contributed by atoms with van der Waals surface area (Å²) in [5.74, 6) is 0.582. The molecule has 132 valence electrons. The monoisotopic (exact) mass is 410 g/mol. The maximum atomic E-state index is 12.1. The molecule has 0 aliphatic rings. The maximum Gasteiger partial charge on any atom is 0.244 e. The Bertz CT molecular complexity index is 936. The quantitative estimate of drug-likeness (QED) is 0.473. The van der Waals surface area contributed by atoms with Crippen molar-refractivity contribution in [1.82, 2.24) is 5.43 Å². The van der Waals surface area contributed by atoms with Crippen LogP contribution in [0.2, 0.25) is 0 Å². The van der Waals surface area contributed by atoms with Crippen molar-refractivity contribution in [2.24, 2.45) is 5.10 Å². The minimum Gasteiger partial charge on any atom is -0.493 e. The molecule has 0 heterocycles. The molecule has 0 saturated heterocycles. The summed E-state index contributed by atoms with van der Waals surface area (Å²) >= 11 is 3.38. The van der Waals surface area contributed by atoms with E-state index < -0.39 is 0 Å². The number of benzene rings is 3. The van der Waals surface area contributed by atoms with E-state index in [2.05, 4.69) is 26.5 Å². The number of carbonyl (C=O) groups excluding carboxylic acids is 1. The number of halogens is 1. The van der Waals surface area contributed by atoms with Crippen LogP contribution in [0.5, 0.6) is 5.75 Å². The molecular formula is C21H19BrN2O2. The zero-order valence-corrected chi connectivity index (χ0v) is 16.0. The normalized spacial score (nSPS) is 11.0. The molecule has 1 amide bonds. The third kappa shape index (κ3) is 4.49. The first-order valence-corrected chi connectivity index (χ1v) is 9.17. The third-order valence-electron chi connectivity index (χ3n) is 3.89. The molecule has 3 aromatic carbocycles. The van der Waals surface area contributed by atoms with Gasteiger partial charge in [0.2, 0.25) is 5.91 Å². The first kappa shape index (κ1) is 18.1. The second-order valence-corrected chi connectivity index (χ2v) is 6.64. The summed E-state index contributed by atoms with van der Waals surface area (Å²) < 4.78 is 6.69. The van der Waals surface area contributed by atoms with E-state index in [1.165, 1.54) is 0 Å². The highest BCUT2D eigenvalue weighted by molar-refractivity contribution is 9.10. The molecule has 26 heavy (non-hydrogen) atoms. The van der Waals surface area contributed by atoms with Gasteiger partial charge in [-0.2, -0.15) is 5.10 Å². The van der Waals surface area contributed by atoms with Crippen molar-refractivity contribution in [3.63, 3.8) is 0 Å². The molecule has 0 radical (unpaired) electrons. The minimum atomic E-state index is -0.165. The summed E-state index contributed by atoms with van der Waals surface area (Å²) in [6.07, 6.45) is 1.92. The van der Waals surface area contributed by atoms with E-state index in [0.717, 1.165) is 32.1 Å². The van der Waals surface area contributed by atoms with Gasteiger partial charge in [-0.3, -0.25) is 4.79 Å². The topological polar surface area (TPSA) is 50.7 Å². The van der Waals surface area contributed by atoms with E-state index in [1.807, 2.05) is 67.6 Å². The van der Waals surface area contributed by atoms with Gasteiger partial charge >= 0.3 is 0 Å². The molecule has 0 fully saturated rings.